The van der Waals surface area contributed by atoms with E-state index in [0.717, 1.165) is 18.1 Å². The van der Waals surface area contributed by atoms with Gasteiger partial charge in [-0.15, -0.1) is 0 Å². The van der Waals surface area contributed by atoms with E-state index in [9.17, 15) is 24.6 Å². The fourth-order valence-corrected chi connectivity index (χ4v) is 12.3. The number of rotatable bonds is 9. The van der Waals surface area contributed by atoms with Crippen molar-refractivity contribution in [3.8, 4) is 0 Å². The van der Waals surface area contributed by atoms with Gasteiger partial charge in [-0.05, 0) is 55.3 Å². The molecule has 2 saturated carbocycles. The molecule has 2 N–H and O–H groups in total. The van der Waals surface area contributed by atoms with E-state index in [1.165, 1.54) is 13.8 Å². The third-order valence-corrected chi connectivity index (χ3v) is 17.2. The second-order valence-corrected chi connectivity index (χ2v) is 19.8. The fourth-order valence-electron chi connectivity index (χ4n) is 9.36. The monoisotopic (exact) mass is 700 g/mol. The van der Waals surface area contributed by atoms with Gasteiger partial charge in [0.1, 0.15) is 17.8 Å². The molecule has 0 unspecified atom stereocenters. The maximum Gasteiger partial charge on any atom is 0.338 e. The zero-order valence-electron chi connectivity index (χ0n) is 30.2. The van der Waals surface area contributed by atoms with Gasteiger partial charge in [0, 0.05) is 32.1 Å². The second-order valence-electron chi connectivity index (χ2n) is 15.1. The predicted octanol–water partition coefficient (Wildman–Crippen LogP) is 4.68. The van der Waals surface area contributed by atoms with Crippen LogP contribution in [0.15, 0.2) is 41.5 Å². The summed E-state index contributed by atoms with van der Waals surface area (Å²) in [6.45, 7) is 15.3. The van der Waals surface area contributed by atoms with E-state index in [0.29, 0.717) is 5.57 Å². The van der Waals surface area contributed by atoms with Gasteiger partial charge in [-0.3, -0.25) is 14.4 Å². The van der Waals surface area contributed by atoms with E-state index in [-0.39, 0.29) is 30.6 Å². The van der Waals surface area contributed by atoms with Crippen molar-refractivity contribution in [1.82, 2.24) is 0 Å². The Kier molecular flexibility index (Phi) is 9.92. The van der Waals surface area contributed by atoms with E-state index in [1.54, 1.807) is 58.0 Å². The number of hydrogen-bond donors (Lipinski definition) is 2. The molecular weight excluding hydrogens is 648 g/mol. The molecule has 1 saturated heterocycles. The Hall–Kier alpha value is -2.90. The molecule has 0 radical (unpaired) electrons. The van der Waals surface area contributed by atoms with Gasteiger partial charge in [0.15, 0.2) is 25.8 Å². The third kappa shape index (κ3) is 5.62. The van der Waals surface area contributed by atoms with E-state index >= 15 is 4.79 Å². The van der Waals surface area contributed by atoms with Crippen LogP contribution in [0.2, 0.25) is 18.1 Å². The van der Waals surface area contributed by atoms with Crippen LogP contribution >= 0.6 is 0 Å². The number of ketones is 1. The minimum Gasteiger partial charge on any atom is -0.455 e. The summed E-state index contributed by atoms with van der Waals surface area (Å²) in [5, 5.41) is 24.8. The Balaban J connectivity index is 1.88. The van der Waals surface area contributed by atoms with E-state index < -0.39 is 90.5 Å². The van der Waals surface area contributed by atoms with Crippen LogP contribution in [0.3, 0.4) is 0 Å². The number of Topliss-reactive ketones (excluding diaryl/α,β-unsaturated/α-hetero) is 1. The largest absolute Gasteiger partial charge is 0.455 e. The highest BCUT2D eigenvalue weighted by Gasteiger charge is 2.78. The maximum atomic E-state index is 15.6. The van der Waals surface area contributed by atoms with Gasteiger partial charge in [-0.2, -0.15) is 0 Å². The Morgan fingerprint density at radius 1 is 0.980 bits per heavy atom. The Labute approximate surface area is 289 Å². The van der Waals surface area contributed by atoms with Crippen molar-refractivity contribution in [3.63, 3.8) is 0 Å². The van der Waals surface area contributed by atoms with E-state index in [1.807, 2.05) is 0 Å². The van der Waals surface area contributed by atoms with Crippen LogP contribution < -0.4 is 0 Å². The molecule has 11 nitrogen and oxygen atoms in total. The number of carbonyl (C=O) groups excluding carboxylic acids is 4. The Morgan fingerprint density at radius 3 is 2.10 bits per heavy atom. The zero-order valence-corrected chi connectivity index (χ0v) is 31.2. The average Bonchev–Trinajstić information content (AvgIpc) is 3.04. The summed E-state index contributed by atoms with van der Waals surface area (Å²) in [5.41, 5.74) is -5.83. The van der Waals surface area contributed by atoms with Crippen LogP contribution in [0.4, 0.5) is 0 Å². The normalized spacial score (nSPS) is 36.7. The van der Waals surface area contributed by atoms with Crippen LogP contribution in [0.5, 0.6) is 0 Å². The highest BCUT2D eigenvalue weighted by Crippen LogP contribution is 2.65. The highest BCUT2D eigenvalue weighted by atomic mass is 28.4. The molecule has 2 bridgehead atoms. The molecule has 0 spiro atoms. The molecule has 4 aliphatic rings. The minimum absolute atomic E-state index is 0.131. The average molecular weight is 701 g/mol. The van der Waals surface area contributed by atoms with Gasteiger partial charge in [0.2, 0.25) is 0 Å². The molecule has 0 amide bonds. The van der Waals surface area contributed by atoms with Gasteiger partial charge in [0.25, 0.3) is 0 Å². The molecule has 1 heterocycles. The van der Waals surface area contributed by atoms with Gasteiger partial charge < -0.3 is 33.6 Å². The first kappa shape index (κ1) is 37.4. The molecule has 12 heteroatoms. The van der Waals surface area contributed by atoms with Gasteiger partial charge in [-0.25, -0.2) is 4.79 Å². The zero-order chi connectivity index (χ0) is 36.3. The first-order valence-corrected chi connectivity index (χ1v) is 20.0. The lowest BCUT2D eigenvalue weighted by Crippen LogP contribution is -2.82. The number of aliphatic hydroxyl groups excluding tert-OH is 1. The summed E-state index contributed by atoms with van der Waals surface area (Å²) >= 11 is 0. The van der Waals surface area contributed by atoms with E-state index in [2.05, 4.69) is 20.8 Å². The molecule has 5 rings (SSSR count). The summed E-state index contributed by atoms with van der Waals surface area (Å²) in [6, 6.07) is 10.6. The molecule has 0 aromatic heterocycles. The van der Waals surface area contributed by atoms with Crippen LogP contribution in [0.1, 0.15) is 85.5 Å². The van der Waals surface area contributed by atoms with Crippen molar-refractivity contribution >= 4 is 32.0 Å². The van der Waals surface area contributed by atoms with Crippen LogP contribution in [-0.4, -0.2) is 90.6 Å². The highest BCUT2D eigenvalue weighted by molar-refractivity contribution is 6.73. The summed E-state index contributed by atoms with van der Waals surface area (Å²) < 4.78 is 31.9. The summed E-state index contributed by atoms with van der Waals surface area (Å²) in [7, 11) is -2.48. The lowest BCUT2D eigenvalue weighted by molar-refractivity contribution is -0.344. The Bertz CT molecular complexity index is 1510. The number of carbonyl (C=O) groups is 4. The molecule has 3 fully saturated rings. The lowest BCUT2D eigenvalue weighted by Gasteiger charge is -2.68. The van der Waals surface area contributed by atoms with Crippen molar-refractivity contribution in [2.75, 3.05) is 6.61 Å². The molecular formula is C37H52O11Si. The number of hydrogen-bond acceptors (Lipinski definition) is 11. The third-order valence-electron chi connectivity index (χ3n) is 12.5. The number of esters is 3. The quantitative estimate of drug-likeness (QED) is 0.160. The van der Waals surface area contributed by atoms with Crippen LogP contribution in [0, 0.1) is 16.7 Å². The van der Waals surface area contributed by atoms with Crippen LogP contribution in [-0.2, 0) is 37.8 Å². The van der Waals surface area contributed by atoms with Crippen molar-refractivity contribution in [2.45, 2.75) is 135 Å². The maximum absolute atomic E-state index is 15.6. The molecule has 3 aliphatic carbocycles. The first-order chi connectivity index (χ1) is 22.9. The number of aliphatic hydroxyl groups is 2. The molecule has 1 aliphatic heterocycles. The fraction of sp³-hybridized carbons (Fsp3) is 0.676. The van der Waals surface area contributed by atoms with Gasteiger partial charge in [-0.1, -0.05) is 52.8 Å². The number of ether oxygens (including phenoxy) is 4. The second kappa shape index (κ2) is 13.0. The summed E-state index contributed by atoms with van der Waals surface area (Å²) in [4.78, 5) is 55.5. The molecule has 270 valence electrons. The molecule has 9 atom stereocenters. The van der Waals surface area contributed by atoms with Crippen molar-refractivity contribution < 1.29 is 52.8 Å². The number of fused-ring (bicyclic) bond motifs is 5. The van der Waals surface area contributed by atoms with Crippen molar-refractivity contribution in [1.29, 1.82) is 0 Å². The lowest BCUT2D eigenvalue weighted by atomic mass is 9.44. The summed E-state index contributed by atoms with van der Waals surface area (Å²) in [6.07, 6.45) is -6.04. The standard InChI is InChI=1S/C37H52O11Si/c1-10-49(11-2,12-3)48-26-18-27-36(20-44-27,47-23(6)39)30-32(46-33(42)24-16-14-13-15-17-24)37(43)19-25(40)21(4)28(34(37,7)8)29(45-22(5)38)31(41)35(26,30)9/h13-17,25-27,29-30,32,40,43H,10-12,18-20H2,1-9H3/t25-,26-,27-,29+,30-,32-,35+,36-,37+/m0/s1. The van der Waals surface area contributed by atoms with Crippen LogP contribution in [0.25, 0.3) is 0 Å². The van der Waals surface area contributed by atoms with Gasteiger partial charge >= 0.3 is 17.9 Å². The molecule has 1 aromatic carbocycles. The van der Waals surface area contributed by atoms with Crippen molar-refractivity contribution in [3.05, 3.63) is 47.0 Å². The van der Waals surface area contributed by atoms with E-state index in [4.69, 9.17) is 23.4 Å². The minimum atomic E-state index is -2.48. The Morgan fingerprint density at radius 2 is 1.59 bits per heavy atom. The number of benzene rings is 1. The summed E-state index contributed by atoms with van der Waals surface area (Å²) in [5.74, 6) is -3.91. The smallest absolute Gasteiger partial charge is 0.338 e. The predicted molar refractivity (Wildman–Crippen MR) is 181 cm³/mol. The molecule has 49 heavy (non-hydrogen) atoms. The van der Waals surface area contributed by atoms with Gasteiger partial charge in [0.05, 0.1) is 35.7 Å². The van der Waals surface area contributed by atoms with Crippen molar-refractivity contribution in [2.24, 2.45) is 16.7 Å². The molecule has 1 aromatic rings. The first-order valence-electron chi connectivity index (χ1n) is 17.5. The topological polar surface area (TPSA) is 155 Å². The SMILES string of the molecule is CC[Si](CC)(CC)O[C@H]1C[C@@H]2OC[C@@]2(OC(C)=O)[C@H]2[C@H](OC(=O)c3ccccc3)[C@]3(O)C[C@H](O)C(C)=C([C@@H](OC(C)=O)C(=O)[C@]12C)C3(C)C.